The van der Waals surface area contributed by atoms with Crippen molar-refractivity contribution in [1.82, 2.24) is 0 Å². The Morgan fingerprint density at radius 1 is 1.37 bits per heavy atom. The molecule has 112 valence electrons. The summed E-state index contributed by atoms with van der Waals surface area (Å²) in [6.45, 7) is 2.42. The van der Waals surface area contributed by atoms with Crippen molar-refractivity contribution in [3.63, 3.8) is 0 Å². The highest BCUT2D eigenvalue weighted by molar-refractivity contribution is 4.90. The number of aliphatic hydroxyl groups excluding tert-OH is 3. The lowest BCUT2D eigenvalue weighted by Gasteiger charge is -2.20. The molecule has 0 unspecified atom stereocenters. The highest BCUT2D eigenvalue weighted by Crippen LogP contribution is 2.20. The number of unbranched alkanes of at least 4 members (excludes halogenated alkanes) is 3. The Balaban J connectivity index is 2.17. The van der Waals surface area contributed by atoms with Crippen molar-refractivity contribution in [1.29, 1.82) is 0 Å². The summed E-state index contributed by atoms with van der Waals surface area (Å²) < 4.78 is 10.7. The molecule has 19 heavy (non-hydrogen) atoms. The fourth-order valence-corrected chi connectivity index (χ4v) is 2.08. The fraction of sp³-hybridized carbons (Fsp3) is 0.857. The van der Waals surface area contributed by atoms with E-state index in [-0.39, 0.29) is 6.61 Å². The Bertz CT molecular complexity index is 256. The minimum absolute atomic E-state index is 0.243. The summed E-state index contributed by atoms with van der Waals surface area (Å²) in [4.78, 5) is 0. The molecule has 4 atom stereocenters. The molecule has 0 spiro atoms. The number of ether oxygens (including phenoxy) is 2. The number of hydrogen-bond acceptors (Lipinski definition) is 5. The van der Waals surface area contributed by atoms with Crippen LogP contribution in [0.2, 0.25) is 0 Å². The van der Waals surface area contributed by atoms with E-state index in [4.69, 9.17) is 14.6 Å². The first-order chi connectivity index (χ1) is 9.20. The molecule has 0 saturated carbocycles. The molecule has 0 bridgehead atoms. The summed E-state index contributed by atoms with van der Waals surface area (Å²) >= 11 is 0. The van der Waals surface area contributed by atoms with Crippen LogP contribution in [0.4, 0.5) is 0 Å². The summed E-state index contributed by atoms with van der Waals surface area (Å²) in [5, 5.41) is 28.1. The van der Waals surface area contributed by atoms with Crippen molar-refractivity contribution in [3.05, 3.63) is 12.2 Å². The van der Waals surface area contributed by atoms with Crippen LogP contribution in [-0.4, -0.2) is 59.6 Å². The first kappa shape index (κ1) is 16.6. The second-order valence-corrected chi connectivity index (χ2v) is 4.88. The third-order valence-corrected chi connectivity index (χ3v) is 3.28. The molecule has 0 aromatic carbocycles. The molecule has 5 heteroatoms. The molecule has 1 aliphatic heterocycles. The lowest BCUT2D eigenvalue weighted by molar-refractivity contribution is -0.0716. The van der Waals surface area contributed by atoms with Gasteiger partial charge in [-0.2, -0.15) is 0 Å². The van der Waals surface area contributed by atoms with Crippen LogP contribution in [0.3, 0.4) is 0 Å². The maximum absolute atomic E-state index is 9.88. The van der Waals surface area contributed by atoms with Gasteiger partial charge in [0.2, 0.25) is 0 Å². The zero-order valence-corrected chi connectivity index (χ0v) is 11.6. The Morgan fingerprint density at radius 2 is 2.16 bits per heavy atom. The van der Waals surface area contributed by atoms with Gasteiger partial charge in [-0.15, -0.1) is 0 Å². The second-order valence-electron chi connectivity index (χ2n) is 4.88. The van der Waals surface area contributed by atoms with Crippen molar-refractivity contribution >= 4 is 0 Å². The number of allylic oxidation sites excluding steroid dienone is 1. The van der Waals surface area contributed by atoms with E-state index in [1.165, 1.54) is 19.3 Å². The average Bonchev–Trinajstić information content (AvgIpc) is 2.78. The van der Waals surface area contributed by atoms with Crippen molar-refractivity contribution in [3.8, 4) is 0 Å². The molecular weight excluding hydrogens is 248 g/mol. The largest absolute Gasteiger partial charge is 0.394 e. The highest BCUT2D eigenvalue weighted by atomic mass is 16.6. The molecule has 1 heterocycles. The standard InChI is InChI=1S/C14H26O5/c1-2-3-4-5-6-7-8-18-12-10-19-14(13(12)17)11(16)9-15/h6-7,11-17H,2-5,8-10H2,1H3/b7-6+/t11-,12+,13+,14+/m0/s1. The van der Waals surface area contributed by atoms with Crippen LogP contribution in [0.1, 0.15) is 32.6 Å². The van der Waals surface area contributed by atoms with Gasteiger partial charge in [0.25, 0.3) is 0 Å². The molecule has 5 nitrogen and oxygen atoms in total. The molecule has 0 aromatic heterocycles. The minimum Gasteiger partial charge on any atom is -0.394 e. The van der Waals surface area contributed by atoms with Crippen LogP contribution in [0, 0.1) is 0 Å². The molecule has 0 radical (unpaired) electrons. The SMILES string of the molecule is CCCCC/C=C/CO[C@@H]1CO[C@H]([C@@H](O)CO)[C@@H]1O. The number of aliphatic hydroxyl groups is 3. The van der Waals surface area contributed by atoms with Gasteiger partial charge < -0.3 is 24.8 Å². The summed E-state index contributed by atoms with van der Waals surface area (Å²) in [5.41, 5.74) is 0. The summed E-state index contributed by atoms with van der Waals surface area (Å²) in [5.74, 6) is 0. The van der Waals surface area contributed by atoms with Crippen LogP contribution in [0.15, 0.2) is 12.2 Å². The first-order valence-corrected chi connectivity index (χ1v) is 7.05. The Kier molecular flexibility index (Phi) is 8.25. The predicted octanol–water partition coefficient (Wildman–Crippen LogP) is 0.621. The monoisotopic (exact) mass is 274 g/mol. The van der Waals surface area contributed by atoms with Crippen LogP contribution in [0.5, 0.6) is 0 Å². The van der Waals surface area contributed by atoms with E-state index in [1.54, 1.807) is 0 Å². The highest BCUT2D eigenvalue weighted by Gasteiger charge is 2.40. The zero-order chi connectivity index (χ0) is 14.1. The molecule has 1 rings (SSSR count). The minimum atomic E-state index is -1.06. The van der Waals surface area contributed by atoms with Gasteiger partial charge in [0.05, 0.1) is 19.8 Å². The van der Waals surface area contributed by atoms with E-state index in [1.807, 2.05) is 6.08 Å². The molecule has 1 aliphatic rings. The molecule has 0 amide bonds. The van der Waals surface area contributed by atoms with Gasteiger partial charge in [-0.05, 0) is 12.8 Å². The molecular formula is C14H26O5. The van der Waals surface area contributed by atoms with E-state index in [9.17, 15) is 10.2 Å². The third-order valence-electron chi connectivity index (χ3n) is 3.28. The average molecular weight is 274 g/mol. The molecule has 0 aromatic rings. The van der Waals surface area contributed by atoms with E-state index < -0.39 is 31.0 Å². The lowest BCUT2D eigenvalue weighted by Crippen LogP contribution is -2.41. The van der Waals surface area contributed by atoms with Crippen LogP contribution < -0.4 is 0 Å². The van der Waals surface area contributed by atoms with Crippen molar-refractivity contribution in [2.45, 2.75) is 57.0 Å². The fourth-order valence-electron chi connectivity index (χ4n) is 2.08. The van der Waals surface area contributed by atoms with Crippen molar-refractivity contribution in [2.24, 2.45) is 0 Å². The van der Waals surface area contributed by atoms with Gasteiger partial charge in [-0.3, -0.25) is 0 Å². The molecule has 3 N–H and O–H groups in total. The topological polar surface area (TPSA) is 79.2 Å². The normalized spacial score (nSPS) is 29.2. The van der Waals surface area contributed by atoms with E-state index >= 15 is 0 Å². The molecule has 1 saturated heterocycles. The van der Waals surface area contributed by atoms with E-state index in [0.29, 0.717) is 6.61 Å². The third kappa shape index (κ3) is 5.58. The van der Waals surface area contributed by atoms with Gasteiger partial charge in [0, 0.05) is 0 Å². The van der Waals surface area contributed by atoms with Crippen molar-refractivity contribution < 1.29 is 24.8 Å². The van der Waals surface area contributed by atoms with Crippen LogP contribution in [0.25, 0.3) is 0 Å². The summed E-state index contributed by atoms with van der Waals surface area (Å²) in [6.07, 6.45) is 5.56. The summed E-state index contributed by atoms with van der Waals surface area (Å²) in [6, 6.07) is 0. The summed E-state index contributed by atoms with van der Waals surface area (Å²) in [7, 11) is 0. The maximum atomic E-state index is 9.88. The van der Waals surface area contributed by atoms with E-state index in [2.05, 4.69) is 13.0 Å². The lowest BCUT2D eigenvalue weighted by atomic mass is 10.1. The number of rotatable bonds is 9. The van der Waals surface area contributed by atoms with Crippen molar-refractivity contribution in [2.75, 3.05) is 19.8 Å². The Labute approximate surface area is 114 Å². The zero-order valence-electron chi connectivity index (χ0n) is 11.6. The number of hydrogen-bond donors (Lipinski definition) is 3. The quantitative estimate of drug-likeness (QED) is 0.424. The van der Waals surface area contributed by atoms with E-state index in [0.717, 1.165) is 6.42 Å². The Morgan fingerprint density at radius 3 is 2.84 bits per heavy atom. The smallest absolute Gasteiger partial charge is 0.114 e. The Hall–Kier alpha value is -0.460. The first-order valence-electron chi connectivity index (χ1n) is 7.05. The van der Waals surface area contributed by atoms with Gasteiger partial charge in [0.15, 0.2) is 0 Å². The van der Waals surface area contributed by atoms with Gasteiger partial charge >= 0.3 is 0 Å². The van der Waals surface area contributed by atoms with Gasteiger partial charge in [-0.1, -0.05) is 31.9 Å². The second kappa shape index (κ2) is 9.44. The van der Waals surface area contributed by atoms with Gasteiger partial charge in [0.1, 0.15) is 24.4 Å². The maximum Gasteiger partial charge on any atom is 0.114 e. The van der Waals surface area contributed by atoms with Gasteiger partial charge in [-0.25, -0.2) is 0 Å². The van der Waals surface area contributed by atoms with Crippen LogP contribution >= 0.6 is 0 Å². The predicted molar refractivity (Wildman–Crippen MR) is 71.9 cm³/mol. The molecule has 1 fully saturated rings. The molecule has 0 aliphatic carbocycles. The van der Waals surface area contributed by atoms with Crippen LogP contribution in [-0.2, 0) is 9.47 Å².